The molecule has 0 saturated carbocycles. The van der Waals surface area contributed by atoms with Crippen molar-refractivity contribution in [3.63, 3.8) is 0 Å². The molecule has 4 rings (SSSR count). The van der Waals surface area contributed by atoms with Crippen LogP contribution in [0.5, 0.6) is 0 Å². The van der Waals surface area contributed by atoms with Crippen LogP contribution < -0.4 is 16.0 Å². The molecule has 0 saturated heterocycles. The largest absolute Gasteiger partial charge is 0.459 e. The minimum atomic E-state index is -3.92. The maximum absolute atomic E-state index is 12.7. The first kappa shape index (κ1) is 17.3. The number of furan rings is 1. The highest BCUT2D eigenvalue weighted by Crippen LogP contribution is 2.25. The summed E-state index contributed by atoms with van der Waals surface area (Å²) >= 11 is 0. The van der Waals surface area contributed by atoms with Crippen LogP contribution >= 0.6 is 0 Å². The van der Waals surface area contributed by atoms with Crippen molar-refractivity contribution < 1.29 is 12.8 Å². The Morgan fingerprint density at radius 3 is 2.59 bits per heavy atom. The maximum Gasteiger partial charge on any atom is 0.326 e. The number of hydrogen-bond donors (Lipinski definition) is 3. The quantitative estimate of drug-likeness (QED) is 0.495. The van der Waals surface area contributed by atoms with Crippen LogP contribution in [0, 0.1) is 0 Å². The fourth-order valence-corrected chi connectivity index (χ4v) is 4.12. The minimum Gasteiger partial charge on any atom is -0.459 e. The third kappa shape index (κ3) is 3.18. The summed E-state index contributed by atoms with van der Waals surface area (Å²) in [6.07, 6.45) is 0. The van der Waals surface area contributed by atoms with Gasteiger partial charge in [-0.2, -0.15) is 0 Å². The zero-order valence-electron chi connectivity index (χ0n) is 14.1. The van der Waals surface area contributed by atoms with Crippen LogP contribution in [-0.2, 0) is 10.0 Å². The number of rotatable bonds is 4. The Hall–Kier alpha value is -3.17. The van der Waals surface area contributed by atoms with Crippen molar-refractivity contribution in [2.45, 2.75) is 17.9 Å². The second-order valence-electron chi connectivity index (χ2n) is 6.15. The average Bonchev–Trinajstić information content (AvgIpc) is 3.05. The van der Waals surface area contributed by atoms with Crippen molar-refractivity contribution in [1.29, 1.82) is 0 Å². The van der Waals surface area contributed by atoms with Crippen LogP contribution in [0.3, 0.4) is 0 Å². The van der Waals surface area contributed by atoms with Gasteiger partial charge in [-0.15, -0.1) is 0 Å². The smallest absolute Gasteiger partial charge is 0.326 e. The van der Waals surface area contributed by atoms with Gasteiger partial charge in [-0.25, -0.2) is 17.9 Å². The lowest BCUT2D eigenvalue weighted by molar-refractivity contribution is 0.484. The molecular formula is C18H15N3O5S. The third-order valence-corrected chi connectivity index (χ3v) is 5.76. The molecule has 138 valence electrons. The van der Waals surface area contributed by atoms with Gasteiger partial charge < -0.3 is 9.40 Å². The monoisotopic (exact) mass is 385 g/mol. The molecule has 0 bridgehead atoms. The predicted molar refractivity (Wildman–Crippen MR) is 100 cm³/mol. The summed E-state index contributed by atoms with van der Waals surface area (Å²) in [4.78, 5) is 27.7. The maximum atomic E-state index is 12.7. The van der Waals surface area contributed by atoms with E-state index < -0.39 is 27.3 Å². The van der Waals surface area contributed by atoms with E-state index in [1.807, 2.05) is 18.2 Å². The Kier molecular flexibility index (Phi) is 3.97. The lowest BCUT2D eigenvalue weighted by Crippen LogP contribution is -2.27. The van der Waals surface area contributed by atoms with Gasteiger partial charge in [0.25, 0.3) is 5.56 Å². The molecule has 0 spiro atoms. The summed E-state index contributed by atoms with van der Waals surface area (Å²) in [6, 6.07) is 12.5. The van der Waals surface area contributed by atoms with E-state index in [-0.39, 0.29) is 15.8 Å². The zero-order chi connectivity index (χ0) is 19.2. The van der Waals surface area contributed by atoms with Gasteiger partial charge in [0.05, 0.1) is 21.8 Å². The molecule has 0 aliphatic rings. The molecule has 2 heterocycles. The topological polar surface area (TPSA) is 125 Å². The Labute approximate surface area is 152 Å². The third-order valence-electron chi connectivity index (χ3n) is 4.22. The second kappa shape index (κ2) is 6.22. The van der Waals surface area contributed by atoms with E-state index in [1.54, 1.807) is 19.1 Å². The summed E-state index contributed by atoms with van der Waals surface area (Å²) in [5.74, 6) is 0.475. The van der Waals surface area contributed by atoms with Gasteiger partial charge in [0, 0.05) is 5.39 Å². The minimum absolute atomic E-state index is 0.0777. The Morgan fingerprint density at radius 1 is 1.04 bits per heavy atom. The van der Waals surface area contributed by atoms with Crippen LogP contribution in [0.4, 0.5) is 0 Å². The lowest BCUT2D eigenvalue weighted by Gasteiger charge is -2.12. The van der Waals surface area contributed by atoms with Crippen LogP contribution in [0.1, 0.15) is 18.7 Å². The molecule has 9 heteroatoms. The van der Waals surface area contributed by atoms with E-state index >= 15 is 0 Å². The number of H-pyrrole nitrogens is 2. The molecule has 1 atom stereocenters. The standard InChI is InChI=1S/C18H15N3O5S/c1-10(16-8-11-4-2-3-5-15(11)26-16)21-27(24,25)12-6-7-14-13(9-12)17(22)20-18(23)19-14/h2-10,21H,1H3,(H2,19,20,22,23). The summed E-state index contributed by atoms with van der Waals surface area (Å²) in [6.45, 7) is 1.67. The first-order valence-corrected chi connectivity index (χ1v) is 9.59. The predicted octanol–water partition coefficient (Wildman–Crippen LogP) is 2.00. The number of hydrogen-bond acceptors (Lipinski definition) is 5. The highest BCUT2D eigenvalue weighted by Gasteiger charge is 2.21. The van der Waals surface area contributed by atoms with Gasteiger partial charge >= 0.3 is 5.69 Å². The molecule has 0 aliphatic carbocycles. The number of nitrogens with one attached hydrogen (secondary N) is 3. The van der Waals surface area contributed by atoms with Crippen molar-refractivity contribution in [2.75, 3.05) is 0 Å². The van der Waals surface area contributed by atoms with Gasteiger partial charge in [0.1, 0.15) is 11.3 Å². The van der Waals surface area contributed by atoms with Gasteiger partial charge in [-0.1, -0.05) is 18.2 Å². The fraction of sp³-hybridized carbons (Fsp3) is 0.111. The molecule has 1 unspecified atom stereocenters. The van der Waals surface area contributed by atoms with Crippen LogP contribution in [0.25, 0.3) is 21.9 Å². The fourth-order valence-electron chi connectivity index (χ4n) is 2.89. The molecule has 0 aliphatic heterocycles. The van der Waals surface area contributed by atoms with E-state index in [9.17, 15) is 18.0 Å². The van der Waals surface area contributed by atoms with E-state index in [1.165, 1.54) is 18.2 Å². The summed E-state index contributed by atoms with van der Waals surface area (Å²) in [7, 11) is -3.92. The van der Waals surface area contributed by atoms with E-state index in [2.05, 4.69) is 14.7 Å². The molecule has 2 aromatic heterocycles. The lowest BCUT2D eigenvalue weighted by atomic mass is 10.2. The average molecular weight is 385 g/mol. The highest BCUT2D eigenvalue weighted by molar-refractivity contribution is 7.89. The zero-order valence-corrected chi connectivity index (χ0v) is 15.0. The first-order valence-electron chi connectivity index (χ1n) is 8.11. The Morgan fingerprint density at radius 2 is 1.81 bits per heavy atom. The molecule has 3 N–H and O–H groups in total. The summed E-state index contributed by atoms with van der Waals surface area (Å²) in [5.41, 5.74) is -0.386. The number of benzene rings is 2. The van der Waals surface area contributed by atoms with Crippen LogP contribution in [0.2, 0.25) is 0 Å². The molecule has 27 heavy (non-hydrogen) atoms. The molecule has 4 aromatic rings. The number of aromatic amines is 2. The van der Waals surface area contributed by atoms with Gasteiger partial charge in [0.2, 0.25) is 10.0 Å². The number of aromatic nitrogens is 2. The van der Waals surface area contributed by atoms with E-state index in [0.717, 1.165) is 5.39 Å². The Balaban J connectivity index is 1.69. The molecule has 2 aromatic carbocycles. The van der Waals surface area contributed by atoms with Gasteiger partial charge in [-0.3, -0.25) is 9.78 Å². The summed E-state index contributed by atoms with van der Waals surface area (Å²) in [5, 5.41) is 0.952. The van der Waals surface area contributed by atoms with Crippen molar-refractivity contribution in [1.82, 2.24) is 14.7 Å². The van der Waals surface area contributed by atoms with Gasteiger partial charge in [-0.05, 0) is 37.3 Å². The van der Waals surface area contributed by atoms with Crippen LogP contribution in [0.15, 0.2) is 67.4 Å². The van der Waals surface area contributed by atoms with Crippen molar-refractivity contribution in [3.8, 4) is 0 Å². The molecular weight excluding hydrogens is 370 g/mol. The van der Waals surface area contributed by atoms with Crippen molar-refractivity contribution in [2.24, 2.45) is 0 Å². The van der Waals surface area contributed by atoms with E-state index in [0.29, 0.717) is 11.3 Å². The van der Waals surface area contributed by atoms with E-state index in [4.69, 9.17) is 4.42 Å². The number of sulfonamides is 1. The molecule has 0 radical (unpaired) electrons. The number of para-hydroxylation sites is 1. The summed E-state index contributed by atoms with van der Waals surface area (Å²) < 4.78 is 33.7. The molecule has 0 amide bonds. The molecule has 8 nitrogen and oxygen atoms in total. The SMILES string of the molecule is CC(NS(=O)(=O)c1ccc2[nH]c(=O)[nH]c(=O)c2c1)c1cc2ccccc2o1. The molecule has 0 fully saturated rings. The Bertz CT molecular complexity index is 1350. The normalized spacial score (nSPS) is 13.2. The van der Waals surface area contributed by atoms with Crippen LogP contribution in [-0.4, -0.2) is 18.4 Å². The highest BCUT2D eigenvalue weighted by atomic mass is 32.2. The second-order valence-corrected chi connectivity index (χ2v) is 7.86. The first-order chi connectivity index (χ1) is 12.8. The van der Waals surface area contributed by atoms with Crippen molar-refractivity contribution >= 4 is 31.9 Å². The van der Waals surface area contributed by atoms with Crippen molar-refractivity contribution in [3.05, 3.63) is 75.1 Å². The number of fused-ring (bicyclic) bond motifs is 2. The van der Waals surface area contributed by atoms with Gasteiger partial charge in [0.15, 0.2) is 0 Å².